The van der Waals surface area contributed by atoms with Crippen molar-refractivity contribution in [1.82, 2.24) is 4.98 Å². The first kappa shape index (κ1) is 19.3. The van der Waals surface area contributed by atoms with E-state index in [4.69, 9.17) is 4.74 Å². The maximum absolute atomic E-state index is 12.7. The van der Waals surface area contributed by atoms with Gasteiger partial charge in [-0.2, -0.15) is 13.2 Å². The van der Waals surface area contributed by atoms with Crippen LogP contribution in [0.2, 0.25) is 0 Å². The van der Waals surface area contributed by atoms with E-state index in [1.54, 1.807) is 18.2 Å². The fraction of sp³-hybridized carbons (Fsp3) is 0.150. The SMILES string of the molecule is C[C@@H](OC(=O)c1ccc2ccccc2n1)C(=O)Nc1cccc(C(F)(F)F)c1. The van der Waals surface area contributed by atoms with Crippen molar-refractivity contribution in [2.24, 2.45) is 0 Å². The Hall–Kier alpha value is -3.42. The number of hydrogen-bond acceptors (Lipinski definition) is 4. The molecule has 0 fully saturated rings. The van der Waals surface area contributed by atoms with Crippen molar-refractivity contribution in [1.29, 1.82) is 0 Å². The molecule has 0 radical (unpaired) electrons. The summed E-state index contributed by atoms with van der Waals surface area (Å²) < 4.78 is 43.3. The van der Waals surface area contributed by atoms with Crippen molar-refractivity contribution in [3.8, 4) is 0 Å². The number of nitrogens with one attached hydrogen (secondary N) is 1. The third-order valence-electron chi connectivity index (χ3n) is 3.92. The lowest BCUT2D eigenvalue weighted by molar-refractivity contribution is -0.137. The van der Waals surface area contributed by atoms with Crippen LogP contribution in [0.15, 0.2) is 60.7 Å². The lowest BCUT2D eigenvalue weighted by atomic mass is 10.2. The number of nitrogens with zero attached hydrogens (tertiary/aromatic N) is 1. The number of para-hydroxylation sites is 1. The summed E-state index contributed by atoms with van der Waals surface area (Å²) in [6.45, 7) is 1.32. The first-order chi connectivity index (χ1) is 13.2. The van der Waals surface area contributed by atoms with E-state index >= 15 is 0 Å². The van der Waals surface area contributed by atoms with Crippen molar-refractivity contribution in [3.63, 3.8) is 0 Å². The molecule has 0 bridgehead atoms. The molecule has 28 heavy (non-hydrogen) atoms. The van der Waals surface area contributed by atoms with E-state index in [0.717, 1.165) is 17.5 Å². The predicted molar refractivity (Wildman–Crippen MR) is 96.7 cm³/mol. The normalized spacial score (nSPS) is 12.4. The molecule has 1 heterocycles. The standard InChI is InChI=1S/C20H15F3N2O3/c1-12(18(26)24-15-7-4-6-14(11-15)20(21,22)23)28-19(27)17-10-9-13-5-2-3-8-16(13)25-17/h2-12H,1H3,(H,24,26)/t12-/m1/s1. The number of hydrogen-bond donors (Lipinski definition) is 1. The Bertz CT molecular complexity index is 1030. The Morgan fingerprint density at radius 3 is 2.54 bits per heavy atom. The van der Waals surface area contributed by atoms with Gasteiger partial charge in [-0.05, 0) is 37.3 Å². The highest BCUT2D eigenvalue weighted by atomic mass is 19.4. The molecule has 0 spiro atoms. The highest BCUT2D eigenvalue weighted by Crippen LogP contribution is 2.30. The summed E-state index contributed by atoms with van der Waals surface area (Å²) >= 11 is 0. The number of fused-ring (bicyclic) bond motifs is 1. The second-order valence-corrected chi connectivity index (χ2v) is 6.00. The van der Waals surface area contributed by atoms with E-state index in [-0.39, 0.29) is 11.4 Å². The van der Waals surface area contributed by atoms with Gasteiger partial charge in [-0.25, -0.2) is 9.78 Å². The second kappa shape index (κ2) is 7.67. The van der Waals surface area contributed by atoms with Gasteiger partial charge >= 0.3 is 12.1 Å². The molecular formula is C20H15F3N2O3. The summed E-state index contributed by atoms with van der Waals surface area (Å²) in [5, 5.41) is 3.15. The lowest BCUT2D eigenvalue weighted by Crippen LogP contribution is -2.30. The zero-order valence-corrected chi connectivity index (χ0v) is 14.7. The number of halogens is 3. The van der Waals surface area contributed by atoms with Gasteiger partial charge in [-0.15, -0.1) is 0 Å². The van der Waals surface area contributed by atoms with Crippen molar-refractivity contribution in [3.05, 3.63) is 71.9 Å². The fourth-order valence-corrected chi connectivity index (χ4v) is 2.47. The maximum atomic E-state index is 12.7. The van der Waals surface area contributed by atoms with Gasteiger partial charge in [0.2, 0.25) is 0 Å². The van der Waals surface area contributed by atoms with Crippen molar-refractivity contribution in [2.45, 2.75) is 19.2 Å². The monoisotopic (exact) mass is 388 g/mol. The van der Waals surface area contributed by atoms with Crippen LogP contribution in [0.5, 0.6) is 0 Å². The Morgan fingerprint density at radius 1 is 1.04 bits per heavy atom. The summed E-state index contributed by atoms with van der Waals surface area (Å²) in [5.41, 5.74) is -0.322. The van der Waals surface area contributed by atoms with E-state index in [1.807, 2.05) is 12.1 Å². The largest absolute Gasteiger partial charge is 0.448 e. The Morgan fingerprint density at radius 2 is 1.79 bits per heavy atom. The Balaban J connectivity index is 1.67. The number of benzene rings is 2. The van der Waals surface area contributed by atoms with Crippen LogP contribution in [0.1, 0.15) is 23.0 Å². The number of alkyl halides is 3. The summed E-state index contributed by atoms with van der Waals surface area (Å²) in [4.78, 5) is 28.6. The molecule has 2 aromatic carbocycles. The van der Waals surface area contributed by atoms with Gasteiger partial charge in [0.25, 0.3) is 5.91 Å². The van der Waals surface area contributed by atoms with Crippen molar-refractivity contribution in [2.75, 3.05) is 5.32 Å². The van der Waals surface area contributed by atoms with E-state index in [1.165, 1.54) is 25.1 Å². The minimum absolute atomic E-state index is 0.0254. The first-order valence-electron chi connectivity index (χ1n) is 8.29. The molecule has 3 aromatic rings. The highest BCUT2D eigenvalue weighted by Gasteiger charge is 2.30. The predicted octanol–water partition coefficient (Wildman–Crippen LogP) is 4.44. The average Bonchev–Trinajstić information content (AvgIpc) is 2.67. The van der Waals surface area contributed by atoms with E-state index in [9.17, 15) is 22.8 Å². The van der Waals surface area contributed by atoms with Crippen LogP contribution < -0.4 is 5.32 Å². The minimum atomic E-state index is -4.53. The molecule has 1 amide bonds. The molecule has 0 aliphatic rings. The number of amides is 1. The summed E-state index contributed by atoms with van der Waals surface area (Å²) in [6, 6.07) is 14.5. The van der Waals surface area contributed by atoms with Gasteiger partial charge in [-0.3, -0.25) is 4.79 Å². The molecule has 0 saturated heterocycles. The Kier molecular flexibility index (Phi) is 5.30. The van der Waals surface area contributed by atoms with Gasteiger partial charge < -0.3 is 10.1 Å². The number of carbonyl (C=O) groups is 2. The molecule has 3 rings (SSSR count). The molecule has 0 saturated carbocycles. The second-order valence-electron chi connectivity index (χ2n) is 6.00. The zero-order valence-electron chi connectivity index (χ0n) is 14.7. The average molecular weight is 388 g/mol. The molecule has 1 N–H and O–H groups in total. The van der Waals surface area contributed by atoms with Gasteiger partial charge in [0.05, 0.1) is 11.1 Å². The molecule has 1 atom stereocenters. The van der Waals surface area contributed by atoms with Gasteiger partial charge in [-0.1, -0.05) is 30.3 Å². The molecule has 0 aliphatic heterocycles. The van der Waals surface area contributed by atoms with Crippen LogP contribution in [-0.2, 0) is 15.7 Å². The number of pyridine rings is 1. The lowest BCUT2D eigenvalue weighted by Gasteiger charge is -2.14. The number of esters is 1. The first-order valence-corrected chi connectivity index (χ1v) is 8.29. The van der Waals surface area contributed by atoms with Crippen LogP contribution in [0.3, 0.4) is 0 Å². The molecule has 1 aromatic heterocycles. The summed E-state index contributed by atoms with van der Waals surface area (Å²) in [5.74, 6) is -1.56. The highest BCUT2D eigenvalue weighted by molar-refractivity contribution is 5.97. The minimum Gasteiger partial charge on any atom is -0.448 e. The van der Waals surface area contributed by atoms with E-state index < -0.39 is 29.7 Å². The van der Waals surface area contributed by atoms with Gasteiger partial charge in [0, 0.05) is 11.1 Å². The molecule has 0 unspecified atom stereocenters. The summed E-state index contributed by atoms with van der Waals surface area (Å²) in [7, 11) is 0. The molecule has 5 nitrogen and oxygen atoms in total. The number of aromatic nitrogens is 1. The number of rotatable bonds is 4. The topological polar surface area (TPSA) is 68.3 Å². The number of ether oxygens (including phenoxy) is 1. The molecular weight excluding hydrogens is 373 g/mol. The molecule has 8 heteroatoms. The van der Waals surface area contributed by atoms with E-state index in [2.05, 4.69) is 10.3 Å². The quantitative estimate of drug-likeness (QED) is 0.671. The fourth-order valence-electron chi connectivity index (χ4n) is 2.47. The number of anilines is 1. The third-order valence-corrected chi connectivity index (χ3v) is 3.92. The van der Waals surface area contributed by atoms with Crippen LogP contribution in [0.4, 0.5) is 18.9 Å². The summed E-state index contributed by atoms with van der Waals surface area (Å²) in [6.07, 6.45) is -5.75. The van der Waals surface area contributed by atoms with E-state index in [0.29, 0.717) is 5.52 Å². The van der Waals surface area contributed by atoms with Crippen LogP contribution in [-0.4, -0.2) is 23.0 Å². The molecule has 144 valence electrons. The van der Waals surface area contributed by atoms with Crippen molar-refractivity contribution >= 4 is 28.5 Å². The molecule has 0 aliphatic carbocycles. The zero-order chi connectivity index (χ0) is 20.3. The number of carbonyl (C=O) groups excluding carboxylic acids is 2. The maximum Gasteiger partial charge on any atom is 0.416 e. The van der Waals surface area contributed by atoms with Crippen LogP contribution in [0, 0.1) is 0 Å². The van der Waals surface area contributed by atoms with Gasteiger partial charge in [0.1, 0.15) is 5.69 Å². The smallest absolute Gasteiger partial charge is 0.416 e. The van der Waals surface area contributed by atoms with Crippen LogP contribution >= 0.6 is 0 Å². The van der Waals surface area contributed by atoms with Crippen molar-refractivity contribution < 1.29 is 27.5 Å². The van der Waals surface area contributed by atoms with Gasteiger partial charge in [0.15, 0.2) is 6.10 Å². The Labute approximate surface area is 158 Å². The third kappa shape index (κ3) is 4.46. The van der Waals surface area contributed by atoms with Crippen LogP contribution in [0.25, 0.3) is 10.9 Å².